The van der Waals surface area contributed by atoms with Crippen molar-refractivity contribution in [1.82, 2.24) is 4.90 Å². The molecule has 0 aromatic heterocycles. The van der Waals surface area contributed by atoms with Crippen LogP contribution in [0.3, 0.4) is 0 Å². The number of amides is 1. The lowest BCUT2D eigenvalue weighted by molar-refractivity contribution is -0.141. The third kappa shape index (κ3) is 2.41. The Balaban J connectivity index is 1.82. The first-order valence-electron chi connectivity index (χ1n) is 8.38. The number of rotatable bonds is 0. The molecule has 2 aliphatic rings. The molecule has 1 aromatic rings. The van der Waals surface area contributed by atoms with Gasteiger partial charge in [-0.25, -0.2) is 0 Å². The molecule has 0 unspecified atom stereocenters. The van der Waals surface area contributed by atoms with Gasteiger partial charge in [0.05, 0.1) is 0 Å². The van der Waals surface area contributed by atoms with Crippen molar-refractivity contribution in [1.29, 1.82) is 0 Å². The van der Waals surface area contributed by atoms with Gasteiger partial charge in [0.25, 0.3) is 0 Å². The summed E-state index contributed by atoms with van der Waals surface area (Å²) in [5.41, 5.74) is 5.45. The number of fused-ring (bicyclic) bond motifs is 2. The highest BCUT2D eigenvalue weighted by molar-refractivity contribution is 5.81. The summed E-state index contributed by atoms with van der Waals surface area (Å²) in [5, 5.41) is 3.63. The van der Waals surface area contributed by atoms with Gasteiger partial charge >= 0.3 is 0 Å². The molecule has 1 aromatic carbocycles. The average Bonchev–Trinajstić information content (AvgIpc) is 2.77. The summed E-state index contributed by atoms with van der Waals surface area (Å²) in [6.45, 7) is 13.2. The van der Waals surface area contributed by atoms with Gasteiger partial charge in [0.15, 0.2) is 0 Å². The molecule has 2 heterocycles. The van der Waals surface area contributed by atoms with Crippen molar-refractivity contribution in [2.75, 3.05) is 25.0 Å². The minimum absolute atomic E-state index is 0.223. The smallest absolute Gasteiger partial charge is 0.227 e. The molecule has 0 saturated carbocycles. The molecular formula is C19H28N2O. The number of hydrogen-bond acceptors (Lipinski definition) is 2. The van der Waals surface area contributed by atoms with Gasteiger partial charge in [0, 0.05) is 36.2 Å². The molecule has 3 rings (SSSR count). The SMILES string of the molecule is Cc1cc(C)c2c(c1)C1(CCN(C(=O)C(C)(C)C)CC1)CN2. The normalized spacial score (nSPS) is 20.0. The molecule has 3 nitrogen and oxygen atoms in total. The van der Waals surface area contributed by atoms with Crippen LogP contribution >= 0.6 is 0 Å². The molecular weight excluding hydrogens is 272 g/mol. The first-order valence-corrected chi connectivity index (χ1v) is 8.38. The van der Waals surface area contributed by atoms with E-state index in [1.807, 2.05) is 20.8 Å². The molecule has 1 saturated heterocycles. The summed E-state index contributed by atoms with van der Waals surface area (Å²) >= 11 is 0. The Kier molecular flexibility index (Phi) is 3.50. The monoisotopic (exact) mass is 300 g/mol. The maximum Gasteiger partial charge on any atom is 0.227 e. The molecule has 120 valence electrons. The van der Waals surface area contributed by atoms with E-state index in [1.54, 1.807) is 0 Å². The first-order chi connectivity index (χ1) is 10.2. The fraction of sp³-hybridized carbons (Fsp3) is 0.632. The van der Waals surface area contributed by atoms with Crippen molar-refractivity contribution in [2.24, 2.45) is 5.41 Å². The number of aryl methyl sites for hydroxylation is 2. The first kappa shape index (κ1) is 15.4. The van der Waals surface area contributed by atoms with Crippen LogP contribution in [0.15, 0.2) is 12.1 Å². The van der Waals surface area contributed by atoms with Gasteiger partial charge in [0.1, 0.15) is 0 Å². The minimum atomic E-state index is -0.274. The van der Waals surface area contributed by atoms with Gasteiger partial charge in [-0.2, -0.15) is 0 Å². The van der Waals surface area contributed by atoms with Crippen LogP contribution in [0.4, 0.5) is 5.69 Å². The molecule has 0 radical (unpaired) electrons. The van der Waals surface area contributed by atoms with E-state index in [0.717, 1.165) is 32.5 Å². The molecule has 3 heteroatoms. The van der Waals surface area contributed by atoms with E-state index in [-0.39, 0.29) is 16.7 Å². The number of nitrogens with zero attached hydrogens (tertiary/aromatic N) is 1. The van der Waals surface area contributed by atoms with Crippen LogP contribution < -0.4 is 5.32 Å². The second-order valence-corrected chi connectivity index (χ2v) is 8.18. The molecule has 1 amide bonds. The zero-order valence-corrected chi connectivity index (χ0v) is 14.5. The second-order valence-electron chi connectivity index (χ2n) is 8.18. The van der Waals surface area contributed by atoms with E-state index in [0.29, 0.717) is 0 Å². The number of carbonyl (C=O) groups is 1. The number of likely N-dealkylation sites (tertiary alicyclic amines) is 1. The number of benzene rings is 1. The van der Waals surface area contributed by atoms with Crippen LogP contribution in [-0.4, -0.2) is 30.4 Å². The summed E-state index contributed by atoms with van der Waals surface area (Å²) < 4.78 is 0. The van der Waals surface area contributed by atoms with Crippen molar-refractivity contribution in [2.45, 2.75) is 52.9 Å². The largest absolute Gasteiger partial charge is 0.384 e. The summed E-state index contributed by atoms with van der Waals surface area (Å²) in [7, 11) is 0. The van der Waals surface area contributed by atoms with E-state index in [4.69, 9.17) is 0 Å². The Bertz CT molecular complexity index is 605. The van der Waals surface area contributed by atoms with Crippen LogP contribution in [0.1, 0.15) is 50.3 Å². The lowest BCUT2D eigenvalue weighted by atomic mass is 9.73. The molecule has 0 atom stereocenters. The summed E-state index contributed by atoms with van der Waals surface area (Å²) in [6.07, 6.45) is 2.13. The molecule has 1 fully saturated rings. The van der Waals surface area contributed by atoms with Gasteiger partial charge < -0.3 is 10.2 Å². The molecule has 1 spiro atoms. The fourth-order valence-electron chi connectivity index (χ4n) is 4.03. The fourth-order valence-corrected chi connectivity index (χ4v) is 4.03. The van der Waals surface area contributed by atoms with Gasteiger partial charge in [-0.15, -0.1) is 0 Å². The number of carbonyl (C=O) groups excluding carboxylic acids is 1. The van der Waals surface area contributed by atoms with Crippen LogP contribution in [0.5, 0.6) is 0 Å². The number of piperidine rings is 1. The standard InChI is InChI=1S/C19H28N2O/c1-13-10-14(2)16-15(11-13)19(12-20-16)6-8-21(9-7-19)17(22)18(3,4)5/h10-11,20H,6-9,12H2,1-5H3. The quantitative estimate of drug-likeness (QED) is 0.793. The second kappa shape index (κ2) is 5.00. The van der Waals surface area contributed by atoms with Crippen molar-refractivity contribution in [3.8, 4) is 0 Å². The summed E-state index contributed by atoms with van der Waals surface area (Å²) in [4.78, 5) is 14.5. The summed E-state index contributed by atoms with van der Waals surface area (Å²) in [5.74, 6) is 0.286. The Labute approximate surface area is 134 Å². The van der Waals surface area contributed by atoms with E-state index >= 15 is 0 Å². The number of nitrogens with one attached hydrogen (secondary N) is 1. The zero-order chi connectivity index (χ0) is 16.1. The third-order valence-electron chi connectivity index (χ3n) is 5.30. The van der Waals surface area contributed by atoms with Gasteiger partial charge in [-0.1, -0.05) is 38.5 Å². The predicted octanol–water partition coefficient (Wildman–Crippen LogP) is 3.64. The lowest BCUT2D eigenvalue weighted by Crippen LogP contribution is -2.49. The Morgan fingerprint density at radius 2 is 1.82 bits per heavy atom. The number of hydrogen-bond donors (Lipinski definition) is 1. The van der Waals surface area contributed by atoms with E-state index in [2.05, 4.69) is 36.2 Å². The molecule has 1 N–H and O–H groups in total. The Morgan fingerprint density at radius 1 is 1.18 bits per heavy atom. The van der Waals surface area contributed by atoms with Crippen molar-refractivity contribution < 1.29 is 4.79 Å². The average molecular weight is 300 g/mol. The van der Waals surface area contributed by atoms with Crippen molar-refractivity contribution in [3.63, 3.8) is 0 Å². The van der Waals surface area contributed by atoms with E-state index in [9.17, 15) is 4.79 Å². The highest BCUT2D eigenvalue weighted by atomic mass is 16.2. The van der Waals surface area contributed by atoms with E-state index in [1.165, 1.54) is 22.4 Å². The van der Waals surface area contributed by atoms with Gasteiger partial charge in [0.2, 0.25) is 5.91 Å². The maximum absolute atomic E-state index is 12.5. The highest BCUT2D eigenvalue weighted by Gasteiger charge is 2.43. The Morgan fingerprint density at radius 3 is 2.41 bits per heavy atom. The highest BCUT2D eigenvalue weighted by Crippen LogP contribution is 2.46. The topological polar surface area (TPSA) is 32.3 Å². The Hall–Kier alpha value is -1.51. The molecule has 0 bridgehead atoms. The number of anilines is 1. The lowest BCUT2D eigenvalue weighted by Gasteiger charge is -2.41. The maximum atomic E-state index is 12.5. The van der Waals surface area contributed by atoms with Crippen LogP contribution in [-0.2, 0) is 10.2 Å². The minimum Gasteiger partial charge on any atom is -0.384 e. The van der Waals surface area contributed by atoms with Gasteiger partial charge in [-0.3, -0.25) is 4.79 Å². The molecule has 0 aliphatic carbocycles. The molecule has 22 heavy (non-hydrogen) atoms. The van der Waals surface area contributed by atoms with Crippen LogP contribution in [0.25, 0.3) is 0 Å². The van der Waals surface area contributed by atoms with Gasteiger partial charge in [-0.05, 0) is 37.8 Å². The summed E-state index contributed by atoms with van der Waals surface area (Å²) in [6, 6.07) is 4.60. The van der Waals surface area contributed by atoms with Crippen LogP contribution in [0.2, 0.25) is 0 Å². The van der Waals surface area contributed by atoms with E-state index < -0.39 is 0 Å². The van der Waals surface area contributed by atoms with Crippen molar-refractivity contribution >= 4 is 11.6 Å². The third-order valence-corrected chi connectivity index (χ3v) is 5.30. The van der Waals surface area contributed by atoms with Crippen LogP contribution in [0, 0.1) is 19.3 Å². The van der Waals surface area contributed by atoms with Crippen molar-refractivity contribution in [3.05, 3.63) is 28.8 Å². The predicted molar refractivity (Wildman–Crippen MR) is 91.4 cm³/mol. The zero-order valence-electron chi connectivity index (χ0n) is 14.5. The molecule has 2 aliphatic heterocycles.